The largest absolute Gasteiger partial charge is 0.391 e. The Morgan fingerprint density at radius 3 is 2.74 bits per heavy atom. The molecule has 1 aliphatic carbocycles. The van der Waals surface area contributed by atoms with Crippen LogP contribution in [0.3, 0.4) is 0 Å². The maximum absolute atomic E-state index is 12.7. The zero-order valence-corrected chi connectivity index (χ0v) is 15.1. The summed E-state index contributed by atoms with van der Waals surface area (Å²) in [5.41, 5.74) is 0.910. The van der Waals surface area contributed by atoms with E-state index in [1.54, 1.807) is 11.0 Å². The minimum absolute atomic E-state index is 0.0733. The molecule has 0 radical (unpaired) electrons. The lowest BCUT2D eigenvalue weighted by atomic mass is 9.82. The molecule has 1 aromatic carbocycles. The molecule has 1 saturated heterocycles. The fraction of sp³-hybridized carbons (Fsp3) is 0.450. The summed E-state index contributed by atoms with van der Waals surface area (Å²) >= 11 is 0. The summed E-state index contributed by atoms with van der Waals surface area (Å²) in [5.74, 6) is -0.812. The summed E-state index contributed by atoms with van der Waals surface area (Å²) in [6, 6.07) is 8.99. The minimum atomic E-state index is -0.673. The van der Waals surface area contributed by atoms with Crippen molar-refractivity contribution in [1.29, 1.82) is 0 Å². The number of rotatable bonds is 4. The van der Waals surface area contributed by atoms with Crippen molar-refractivity contribution in [2.24, 2.45) is 5.92 Å². The first kappa shape index (κ1) is 19.1. The van der Waals surface area contributed by atoms with Crippen molar-refractivity contribution < 1.29 is 19.5 Å². The standard InChI is InChI=1S/C20H25N3O4/c24-17-8-7-15(20(27)23-11-10-21-19(26)13-23)12-16(17)22-18(25)9-6-14-4-2-1-3-5-14/h1-6,9,15-17,24H,7-8,10-13H2,(H,21,26)(H,22,25)/t15-,16+,17+/m0/s1. The van der Waals surface area contributed by atoms with E-state index >= 15 is 0 Å². The van der Waals surface area contributed by atoms with E-state index in [-0.39, 0.29) is 30.2 Å². The average molecular weight is 371 g/mol. The average Bonchev–Trinajstić information content (AvgIpc) is 2.68. The number of carbonyl (C=O) groups excluding carboxylic acids is 3. The Balaban J connectivity index is 1.56. The summed E-state index contributed by atoms with van der Waals surface area (Å²) < 4.78 is 0. The fourth-order valence-corrected chi connectivity index (χ4v) is 3.59. The second-order valence-electron chi connectivity index (χ2n) is 7.05. The Morgan fingerprint density at radius 1 is 1.22 bits per heavy atom. The summed E-state index contributed by atoms with van der Waals surface area (Å²) in [4.78, 5) is 37.9. The fourth-order valence-electron chi connectivity index (χ4n) is 3.59. The van der Waals surface area contributed by atoms with Crippen LogP contribution in [0.2, 0.25) is 0 Å². The minimum Gasteiger partial charge on any atom is -0.391 e. The van der Waals surface area contributed by atoms with Crippen LogP contribution in [0.5, 0.6) is 0 Å². The quantitative estimate of drug-likeness (QED) is 0.663. The van der Waals surface area contributed by atoms with Gasteiger partial charge in [0, 0.05) is 25.1 Å². The van der Waals surface area contributed by atoms with E-state index in [9.17, 15) is 19.5 Å². The number of piperazine rings is 1. The molecule has 2 fully saturated rings. The van der Waals surface area contributed by atoms with Gasteiger partial charge < -0.3 is 20.6 Å². The highest BCUT2D eigenvalue weighted by Crippen LogP contribution is 2.27. The Bertz CT molecular complexity index is 719. The van der Waals surface area contributed by atoms with Gasteiger partial charge in [-0.2, -0.15) is 0 Å². The van der Waals surface area contributed by atoms with E-state index in [0.29, 0.717) is 32.4 Å². The highest BCUT2D eigenvalue weighted by Gasteiger charge is 2.36. The van der Waals surface area contributed by atoms with E-state index < -0.39 is 12.1 Å². The first-order valence-electron chi connectivity index (χ1n) is 9.30. The van der Waals surface area contributed by atoms with Crippen LogP contribution in [0.15, 0.2) is 36.4 Å². The second-order valence-corrected chi connectivity index (χ2v) is 7.05. The van der Waals surface area contributed by atoms with Crippen molar-refractivity contribution in [3.63, 3.8) is 0 Å². The van der Waals surface area contributed by atoms with Crippen molar-refractivity contribution in [3.05, 3.63) is 42.0 Å². The van der Waals surface area contributed by atoms with Gasteiger partial charge in [-0.25, -0.2) is 0 Å². The van der Waals surface area contributed by atoms with Crippen molar-refractivity contribution in [1.82, 2.24) is 15.5 Å². The van der Waals surface area contributed by atoms with Gasteiger partial charge in [0.1, 0.15) is 0 Å². The number of aliphatic hydroxyl groups excluding tert-OH is 1. The number of carbonyl (C=O) groups is 3. The molecule has 144 valence electrons. The van der Waals surface area contributed by atoms with Crippen molar-refractivity contribution in [2.75, 3.05) is 19.6 Å². The molecule has 2 aliphatic rings. The number of amides is 3. The predicted molar refractivity (Wildman–Crippen MR) is 100 cm³/mol. The molecule has 27 heavy (non-hydrogen) atoms. The molecule has 0 unspecified atom stereocenters. The van der Waals surface area contributed by atoms with Crippen molar-refractivity contribution in [2.45, 2.75) is 31.4 Å². The molecular formula is C20H25N3O4. The zero-order valence-electron chi connectivity index (χ0n) is 15.1. The molecule has 3 rings (SSSR count). The Hall–Kier alpha value is -2.67. The van der Waals surface area contributed by atoms with Gasteiger partial charge in [0.2, 0.25) is 17.7 Å². The van der Waals surface area contributed by atoms with E-state index in [2.05, 4.69) is 10.6 Å². The van der Waals surface area contributed by atoms with Crippen LogP contribution in [0.1, 0.15) is 24.8 Å². The first-order chi connectivity index (χ1) is 13.0. The third-order valence-corrected chi connectivity index (χ3v) is 5.07. The topological polar surface area (TPSA) is 98.7 Å². The molecule has 1 aliphatic heterocycles. The Kier molecular flexibility index (Phi) is 6.24. The molecule has 1 saturated carbocycles. The normalized spacial score (nSPS) is 25.9. The zero-order chi connectivity index (χ0) is 19.2. The van der Waals surface area contributed by atoms with Crippen molar-refractivity contribution >= 4 is 23.8 Å². The summed E-state index contributed by atoms with van der Waals surface area (Å²) in [6.07, 6.45) is 3.85. The maximum Gasteiger partial charge on any atom is 0.244 e. The third kappa shape index (κ3) is 5.17. The van der Waals surface area contributed by atoms with Gasteiger partial charge >= 0.3 is 0 Å². The van der Waals surface area contributed by atoms with E-state index in [1.165, 1.54) is 6.08 Å². The van der Waals surface area contributed by atoms with Gasteiger partial charge in [0.15, 0.2) is 0 Å². The Morgan fingerprint density at radius 2 is 2.00 bits per heavy atom. The summed E-state index contributed by atoms with van der Waals surface area (Å²) in [6.45, 7) is 1.04. The van der Waals surface area contributed by atoms with Gasteiger partial charge in [0.05, 0.1) is 18.7 Å². The molecule has 7 nitrogen and oxygen atoms in total. The number of nitrogens with one attached hydrogen (secondary N) is 2. The predicted octanol–water partition coefficient (Wildman–Crippen LogP) is 0.304. The van der Waals surface area contributed by atoms with Crippen LogP contribution in [-0.2, 0) is 14.4 Å². The molecule has 0 aromatic heterocycles. The van der Waals surface area contributed by atoms with Gasteiger partial charge in [-0.15, -0.1) is 0 Å². The highest BCUT2D eigenvalue weighted by molar-refractivity contribution is 5.92. The monoisotopic (exact) mass is 371 g/mol. The Labute approximate surface area is 158 Å². The highest BCUT2D eigenvalue weighted by atomic mass is 16.3. The molecule has 3 N–H and O–H groups in total. The number of aliphatic hydroxyl groups is 1. The summed E-state index contributed by atoms with van der Waals surface area (Å²) in [5, 5.41) is 15.7. The van der Waals surface area contributed by atoms with Crippen LogP contribution in [0.25, 0.3) is 6.08 Å². The van der Waals surface area contributed by atoms with E-state index in [1.807, 2.05) is 30.3 Å². The molecule has 0 spiro atoms. The molecule has 1 aromatic rings. The summed E-state index contributed by atoms with van der Waals surface area (Å²) in [7, 11) is 0. The van der Waals surface area contributed by atoms with Crippen LogP contribution in [0.4, 0.5) is 0 Å². The van der Waals surface area contributed by atoms with Gasteiger partial charge in [-0.1, -0.05) is 30.3 Å². The molecule has 7 heteroatoms. The van der Waals surface area contributed by atoms with Gasteiger partial charge in [-0.3, -0.25) is 14.4 Å². The van der Waals surface area contributed by atoms with Gasteiger partial charge in [-0.05, 0) is 30.9 Å². The first-order valence-corrected chi connectivity index (χ1v) is 9.30. The van der Waals surface area contributed by atoms with Gasteiger partial charge in [0.25, 0.3) is 0 Å². The molecule has 3 amide bonds. The van der Waals surface area contributed by atoms with Crippen LogP contribution in [0, 0.1) is 5.92 Å². The molecular weight excluding hydrogens is 346 g/mol. The number of hydrogen-bond acceptors (Lipinski definition) is 4. The smallest absolute Gasteiger partial charge is 0.244 e. The molecule has 0 bridgehead atoms. The molecule has 3 atom stereocenters. The second kappa shape index (κ2) is 8.81. The maximum atomic E-state index is 12.7. The lowest BCUT2D eigenvalue weighted by Gasteiger charge is -2.36. The van der Waals surface area contributed by atoms with Crippen molar-refractivity contribution in [3.8, 4) is 0 Å². The molecule has 1 heterocycles. The van der Waals surface area contributed by atoms with E-state index in [0.717, 1.165) is 5.56 Å². The third-order valence-electron chi connectivity index (χ3n) is 5.07. The van der Waals surface area contributed by atoms with Crippen LogP contribution >= 0.6 is 0 Å². The number of hydrogen-bond donors (Lipinski definition) is 3. The van der Waals surface area contributed by atoms with Crippen LogP contribution < -0.4 is 10.6 Å². The SMILES string of the molecule is O=C(C=Cc1ccccc1)N[C@@H]1C[C@@H](C(=O)N2CCNC(=O)C2)CC[C@H]1O. The number of nitrogens with zero attached hydrogens (tertiary/aromatic N) is 1. The lowest BCUT2D eigenvalue weighted by Crippen LogP contribution is -2.54. The number of benzene rings is 1. The van der Waals surface area contributed by atoms with Crippen LogP contribution in [-0.4, -0.2) is 59.5 Å². The lowest BCUT2D eigenvalue weighted by molar-refractivity contribution is -0.143. The van der Waals surface area contributed by atoms with E-state index in [4.69, 9.17) is 0 Å².